The predicted octanol–water partition coefficient (Wildman–Crippen LogP) is 3.14. The van der Waals surface area contributed by atoms with Gasteiger partial charge in [0.25, 0.3) is 0 Å². The van der Waals surface area contributed by atoms with Crippen molar-refractivity contribution in [2.45, 2.75) is 13.0 Å². The molecule has 102 valence electrons. The highest BCUT2D eigenvalue weighted by atomic mass is 15.1. The maximum absolute atomic E-state index is 4.23. The Hall–Kier alpha value is -1.54. The van der Waals surface area contributed by atoms with Crippen LogP contribution in [0.2, 0.25) is 0 Å². The Morgan fingerprint density at radius 1 is 1.32 bits per heavy atom. The SMILES string of the molecule is C=C1CCN(Cc2ccccc2)CC1C(=C)N(C)C. The minimum Gasteiger partial charge on any atom is -0.381 e. The highest BCUT2D eigenvalue weighted by Gasteiger charge is 2.25. The molecule has 2 rings (SSSR count). The summed E-state index contributed by atoms with van der Waals surface area (Å²) >= 11 is 0. The van der Waals surface area contributed by atoms with Gasteiger partial charge in [-0.3, -0.25) is 4.90 Å². The van der Waals surface area contributed by atoms with Crippen LogP contribution in [-0.4, -0.2) is 37.0 Å². The molecule has 1 fully saturated rings. The molecule has 2 heteroatoms. The van der Waals surface area contributed by atoms with E-state index in [2.05, 4.69) is 67.4 Å². The summed E-state index contributed by atoms with van der Waals surface area (Å²) in [5.41, 5.74) is 3.87. The second kappa shape index (κ2) is 6.07. The fourth-order valence-electron chi connectivity index (χ4n) is 2.59. The number of rotatable bonds is 4. The van der Waals surface area contributed by atoms with E-state index in [4.69, 9.17) is 0 Å². The molecule has 0 radical (unpaired) electrons. The lowest BCUT2D eigenvalue weighted by atomic mass is 9.90. The van der Waals surface area contributed by atoms with Gasteiger partial charge in [-0.15, -0.1) is 0 Å². The van der Waals surface area contributed by atoms with Crippen molar-refractivity contribution in [2.75, 3.05) is 27.2 Å². The van der Waals surface area contributed by atoms with E-state index in [0.29, 0.717) is 5.92 Å². The Labute approximate surface area is 117 Å². The molecule has 1 aliphatic rings. The van der Waals surface area contributed by atoms with Crippen LogP contribution in [-0.2, 0) is 6.54 Å². The van der Waals surface area contributed by atoms with Crippen LogP contribution in [0.5, 0.6) is 0 Å². The van der Waals surface area contributed by atoms with Crippen molar-refractivity contribution in [3.8, 4) is 0 Å². The molecule has 0 spiro atoms. The van der Waals surface area contributed by atoms with Crippen molar-refractivity contribution in [1.82, 2.24) is 9.80 Å². The van der Waals surface area contributed by atoms with Gasteiger partial charge < -0.3 is 4.90 Å². The molecule has 0 aromatic heterocycles. The summed E-state index contributed by atoms with van der Waals surface area (Å²) in [6.45, 7) is 11.6. The topological polar surface area (TPSA) is 6.48 Å². The van der Waals surface area contributed by atoms with Crippen molar-refractivity contribution in [2.24, 2.45) is 5.92 Å². The van der Waals surface area contributed by atoms with Crippen LogP contribution in [0.25, 0.3) is 0 Å². The van der Waals surface area contributed by atoms with Crippen LogP contribution in [0.4, 0.5) is 0 Å². The molecule has 1 aromatic rings. The zero-order chi connectivity index (χ0) is 13.8. The zero-order valence-electron chi connectivity index (χ0n) is 12.1. The second-order valence-corrected chi connectivity index (χ2v) is 5.57. The largest absolute Gasteiger partial charge is 0.381 e. The summed E-state index contributed by atoms with van der Waals surface area (Å²) in [6, 6.07) is 10.7. The first-order valence-corrected chi connectivity index (χ1v) is 6.88. The highest BCUT2D eigenvalue weighted by molar-refractivity contribution is 5.20. The molecule has 1 heterocycles. The Balaban J connectivity index is 2.01. The standard InChI is InChI=1S/C17H24N2/c1-14-10-11-19(12-16-8-6-5-7-9-16)13-17(14)15(2)18(3)4/h5-9,17H,1-2,10-13H2,3-4H3. The molecule has 1 unspecified atom stereocenters. The lowest BCUT2D eigenvalue weighted by Gasteiger charge is -2.37. The summed E-state index contributed by atoms with van der Waals surface area (Å²) in [7, 11) is 4.12. The summed E-state index contributed by atoms with van der Waals surface area (Å²) in [5, 5.41) is 0. The first kappa shape index (κ1) is 13.9. The van der Waals surface area contributed by atoms with E-state index in [-0.39, 0.29) is 0 Å². The van der Waals surface area contributed by atoms with Gasteiger partial charge in [-0.25, -0.2) is 0 Å². The quantitative estimate of drug-likeness (QED) is 0.764. The maximum atomic E-state index is 4.23. The third-order valence-corrected chi connectivity index (χ3v) is 3.91. The van der Waals surface area contributed by atoms with Crippen LogP contribution in [0, 0.1) is 5.92 Å². The van der Waals surface area contributed by atoms with Crippen LogP contribution in [0.15, 0.2) is 54.8 Å². The summed E-state index contributed by atoms with van der Waals surface area (Å²) < 4.78 is 0. The molecule has 0 N–H and O–H groups in total. The molecule has 2 nitrogen and oxygen atoms in total. The Morgan fingerprint density at radius 3 is 2.63 bits per heavy atom. The molecule has 0 saturated carbocycles. The van der Waals surface area contributed by atoms with Crippen molar-refractivity contribution in [1.29, 1.82) is 0 Å². The monoisotopic (exact) mass is 256 g/mol. The van der Waals surface area contributed by atoms with E-state index in [1.54, 1.807) is 0 Å². The van der Waals surface area contributed by atoms with Gasteiger partial charge in [0.15, 0.2) is 0 Å². The molecular weight excluding hydrogens is 232 g/mol. The predicted molar refractivity (Wildman–Crippen MR) is 81.8 cm³/mol. The molecule has 1 aromatic carbocycles. The van der Waals surface area contributed by atoms with E-state index in [1.165, 1.54) is 16.8 Å². The third kappa shape index (κ3) is 3.48. The average molecular weight is 256 g/mol. The Morgan fingerprint density at radius 2 is 2.00 bits per heavy atom. The van der Waals surface area contributed by atoms with Crippen molar-refractivity contribution < 1.29 is 0 Å². The fourth-order valence-corrected chi connectivity index (χ4v) is 2.59. The smallest absolute Gasteiger partial charge is 0.0317 e. The molecule has 1 atom stereocenters. The summed E-state index contributed by atoms with van der Waals surface area (Å²) in [5.74, 6) is 0.396. The molecule has 1 saturated heterocycles. The number of nitrogens with zero attached hydrogens (tertiary/aromatic N) is 2. The maximum Gasteiger partial charge on any atom is 0.0317 e. The number of piperidine rings is 1. The van der Waals surface area contributed by atoms with Crippen LogP contribution in [0.3, 0.4) is 0 Å². The fraction of sp³-hybridized carbons (Fsp3) is 0.412. The highest BCUT2D eigenvalue weighted by Crippen LogP contribution is 2.28. The molecular formula is C17H24N2. The summed E-state index contributed by atoms with van der Waals surface area (Å²) in [6.07, 6.45) is 1.07. The van der Waals surface area contributed by atoms with Gasteiger partial charge >= 0.3 is 0 Å². The molecule has 1 aliphatic heterocycles. The number of hydrogen-bond donors (Lipinski definition) is 0. The van der Waals surface area contributed by atoms with E-state index in [1.807, 2.05) is 0 Å². The van der Waals surface area contributed by atoms with Gasteiger partial charge in [0.2, 0.25) is 0 Å². The lowest BCUT2D eigenvalue weighted by molar-refractivity contribution is 0.207. The molecule has 19 heavy (non-hydrogen) atoms. The average Bonchev–Trinajstić information content (AvgIpc) is 2.41. The number of likely N-dealkylation sites (tertiary alicyclic amines) is 1. The third-order valence-electron chi connectivity index (χ3n) is 3.91. The number of benzene rings is 1. The van der Waals surface area contributed by atoms with E-state index in [0.717, 1.165) is 26.1 Å². The first-order chi connectivity index (χ1) is 9.08. The lowest BCUT2D eigenvalue weighted by Crippen LogP contribution is -2.38. The second-order valence-electron chi connectivity index (χ2n) is 5.57. The Bertz CT molecular complexity index is 448. The van der Waals surface area contributed by atoms with Crippen LogP contribution < -0.4 is 0 Å². The molecule has 0 amide bonds. The van der Waals surface area contributed by atoms with Crippen LogP contribution in [0.1, 0.15) is 12.0 Å². The Kier molecular flexibility index (Phi) is 4.43. The number of hydrogen-bond acceptors (Lipinski definition) is 2. The zero-order valence-corrected chi connectivity index (χ0v) is 12.1. The minimum atomic E-state index is 0.396. The van der Waals surface area contributed by atoms with Gasteiger partial charge in [0.05, 0.1) is 0 Å². The van der Waals surface area contributed by atoms with Gasteiger partial charge in [-0.2, -0.15) is 0 Å². The van der Waals surface area contributed by atoms with Gasteiger partial charge in [0.1, 0.15) is 0 Å². The molecule has 0 aliphatic carbocycles. The van der Waals surface area contributed by atoms with Gasteiger partial charge in [-0.1, -0.05) is 49.1 Å². The minimum absolute atomic E-state index is 0.396. The van der Waals surface area contributed by atoms with Crippen molar-refractivity contribution >= 4 is 0 Å². The van der Waals surface area contributed by atoms with E-state index < -0.39 is 0 Å². The van der Waals surface area contributed by atoms with Gasteiger partial charge in [0, 0.05) is 45.3 Å². The van der Waals surface area contributed by atoms with Crippen LogP contribution >= 0.6 is 0 Å². The first-order valence-electron chi connectivity index (χ1n) is 6.88. The van der Waals surface area contributed by atoms with E-state index >= 15 is 0 Å². The normalized spacial score (nSPS) is 20.3. The van der Waals surface area contributed by atoms with Crippen molar-refractivity contribution in [3.63, 3.8) is 0 Å². The van der Waals surface area contributed by atoms with E-state index in [9.17, 15) is 0 Å². The molecule has 0 bridgehead atoms. The summed E-state index contributed by atoms with van der Waals surface area (Å²) in [4.78, 5) is 4.62. The van der Waals surface area contributed by atoms with Gasteiger partial charge in [-0.05, 0) is 12.0 Å². The van der Waals surface area contributed by atoms with Crippen molar-refractivity contribution in [3.05, 3.63) is 60.3 Å².